The van der Waals surface area contributed by atoms with E-state index in [1.807, 2.05) is 30.1 Å². The van der Waals surface area contributed by atoms with Gasteiger partial charge in [-0.3, -0.25) is 4.99 Å². The molecule has 2 unspecified atom stereocenters. The minimum atomic E-state index is -0.490. The molecule has 0 heterocycles. The smallest absolute Gasteiger partial charge is 0.193 e. The van der Waals surface area contributed by atoms with E-state index in [-0.39, 0.29) is 41.5 Å². The van der Waals surface area contributed by atoms with Crippen LogP contribution in [0, 0.1) is 11.6 Å². The number of nitrogens with zero attached hydrogens (tertiary/aromatic N) is 2. The second kappa shape index (κ2) is 10.8. The van der Waals surface area contributed by atoms with Crippen molar-refractivity contribution in [2.45, 2.75) is 24.8 Å². The monoisotopic (exact) mass is 531 g/mol. The van der Waals surface area contributed by atoms with Crippen molar-refractivity contribution in [1.29, 1.82) is 0 Å². The van der Waals surface area contributed by atoms with Crippen LogP contribution in [0.1, 0.15) is 23.5 Å². The highest BCUT2D eigenvalue weighted by atomic mass is 127. The van der Waals surface area contributed by atoms with Gasteiger partial charge in [0.25, 0.3) is 0 Å². The minimum Gasteiger partial charge on any atom is -0.493 e. The molecule has 1 aliphatic carbocycles. The summed E-state index contributed by atoms with van der Waals surface area (Å²) >= 11 is 0. The molecule has 2 aromatic carbocycles. The molecule has 2 aromatic rings. The molecule has 2 atom stereocenters. The van der Waals surface area contributed by atoms with Crippen molar-refractivity contribution in [3.63, 3.8) is 0 Å². The number of aliphatic imine (C=N–C) groups is 1. The predicted octanol–water partition coefficient (Wildman–Crippen LogP) is 4.21. The SMILES string of the molecule is CN=C(NC1CC1c1c(F)cccc1F)N(C)CCc1ccc(OC)c(OC)c1.I. The van der Waals surface area contributed by atoms with Crippen LogP contribution < -0.4 is 14.8 Å². The van der Waals surface area contributed by atoms with Crippen LogP contribution in [0.15, 0.2) is 41.4 Å². The molecule has 0 spiro atoms. The normalized spacial score (nSPS) is 17.7. The summed E-state index contributed by atoms with van der Waals surface area (Å²) in [7, 11) is 6.87. The van der Waals surface area contributed by atoms with Crippen molar-refractivity contribution in [2.24, 2.45) is 4.99 Å². The lowest BCUT2D eigenvalue weighted by molar-refractivity contribution is 0.354. The van der Waals surface area contributed by atoms with Crippen molar-refractivity contribution < 1.29 is 18.3 Å². The van der Waals surface area contributed by atoms with Crippen LogP contribution >= 0.6 is 24.0 Å². The molecule has 30 heavy (non-hydrogen) atoms. The van der Waals surface area contributed by atoms with Gasteiger partial charge in [0.05, 0.1) is 14.2 Å². The van der Waals surface area contributed by atoms with E-state index in [0.717, 1.165) is 18.5 Å². The first-order valence-electron chi connectivity index (χ1n) is 9.57. The van der Waals surface area contributed by atoms with Gasteiger partial charge in [0.1, 0.15) is 11.6 Å². The van der Waals surface area contributed by atoms with E-state index in [0.29, 0.717) is 23.9 Å². The fourth-order valence-electron chi connectivity index (χ4n) is 3.49. The van der Waals surface area contributed by atoms with E-state index < -0.39 is 11.6 Å². The first kappa shape index (κ1) is 24.2. The zero-order valence-corrected chi connectivity index (χ0v) is 19.9. The molecular weight excluding hydrogens is 503 g/mol. The lowest BCUT2D eigenvalue weighted by Crippen LogP contribution is -2.41. The van der Waals surface area contributed by atoms with Gasteiger partial charge in [-0.1, -0.05) is 12.1 Å². The highest BCUT2D eigenvalue weighted by Crippen LogP contribution is 2.43. The third-order valence-electron chi connectivity index (χ3n) is 5.23. The van der Waals surface area contributed by atoms with Gasteiger partial charge in [0, 0.05) is 38.2 Å². The molecule has 0 radical (unpaired) electrons. The van der Waals surface area contributed by atoms with Gasteiger partial charge in [0.15, 0.2) is 17.5 Å². The first-order chi connectivity index (χ1) is 14.0. The van der Waals surface area contributed by atoms with E-state index in [9.17, 15) is 8.78 Å². The van der Waals surface area contributed by atoms with Crippen LogP contribution in [0.5, 0.6) is 11.5 Å². The standard InChI is InChI=1S/C22H27F2N3O2.HI/c1-25-22(26-18-13-15(18)21-16(23)6-5-7-17(21)24)27(2)11-10-14-8-9-19(28-3)20(12-14)29-4;/h5-9,12,15,18H,10-11,13H2,1-4H3,(H,25,26);1H. The van der Waals surface area contributed by atoms with Crippen LogP contribution in [0.2, 0.25) is 0 Å². The summed E-state index contributed by atoms with van der Waals surface area (Å²) in [6, 6.07) is 9.82. The van der Waals surface area contributed by atoms with Gasteiger partial charge in [-0.05, 0) is 42.7 Å². The summed E-state index contributed by atoms with van der Waals surface area (Å²) in [4.78, 5) is 6.32. The number of ether oxygens (including phenoxy) is 2. The molecule has 0 amide bonds. The zero-order chi connectivity index (χ0) is 21.0. The Labute approximate surface area is 193 Å². The lowest BCUT2D eigenvalue weighted by atomic mass is 10.1. The third-order valence-corrected chi connectivity index (χ3v) is 5.23. The molecule has 1 saturated carbocycles. The fourth-order valence-corrected chi connectivity index (χ4v) is 3.49. The number of hydrogen-bond donors (Lipinski definition) is 1. The zero-order valence-electron chi connectivity index (χ0n) is 17.6. The second-order valence-electron chi connectivity index (χ2n) is 7.14. The summed E-state index contributed by atoms with van der Waals surface area (Å²) in [6.45, 7) is 0.723. The molecule has 164 valence electrons. The molecule has 1 N–H and O–H groups in total. The molecule has 8 heteroatoms. The van der Waals surface area contributed by atoms with Gasteiger partial charge in [0.2, 0.25) is 0 Å². The molecule has 1 fully saturated rings. The van der Waals surface area contributed by atoms with Gasteiger partial charge in [-0.25, -0.2) is 8.78 Å². The molecule has 1 aliphatic rings. The van der Waals surface area contributed by atoms with Crippen LogP contribution in [0.25, 0.3) is 0 Å². The number of rotatable bonds is 7. The lowest BCUT2D eigenvalue weighted by Gasteiger charge is -2.22. The molecular formula is C22H28F2IN3O2. The highest BCUT2D eigenvalue weighted by Gasteiger charge is 2.42. The number of hydrogen-bond acceptors (Lipinski definition) is 3. The molecule has 0 bridgehead atoms. The average molecular weight is 531 g/mol. The van der Waals surface area contributed by atoms with Gasteiger partial charge >= 0.3 is 0 Å². The highest BCUT2D eigenvalue weighted by molar-refractivity contribution is 14.0. The third kappa shape index (κ3) is 5.53. The maximum Gasteiger partial charge on any atom is 0.193 e. The number of benzene rings is 2. The van der Waals surface area contributed by atoms with Crippen molar-refractivity contribution in [2.75, 3.05) is 34.9 Å². The van der Waals surface area contributed by atoms with Crippen molar-refractivity contribution >= 4 is 29.9 Å². The number of halogens is 3. The largest absolute Gasteiger partial charge is 0.493 e. The Bertz CT molecular complexity index is 874. The Morgan fingerprint density at radius 3 is 2.40 bits per heavy atom. The second-order valence-corrected chi connectivity index (χ2v) is 7.14. The number of methoxy groups -OCH3 is 2. The summed E-state index contributed by atoms with van der Waals surface area (Å²) < 4.78 is 38.6. The molecule has 0 aromatic heterocycles. The summed E-state index contributed by atoms with van der Waals surface area (Å²) in [6.07, 6.45) is 1.47. The first-order valence-corrected chi connectivity index (χ1v) is 9.57. The maximum absolute atomic E-state index is 14.0. The van der Waals surface area contributed by atoms with Gasteiger partial charge < -0.3 is 19.7 Å². The van der Waals surface area contributed by atoms with Gasteiger partial charge in [-0.2, -0.15) is 0 Å². The summed E-state index contributed by atoms with van der Waals surface area (Å²) in [5.41, 5.74) is 1.27. The quantitative estimate of drug-likeness (QED) is 0.331. The number of likely N-dealkylation sites (N-methyl/N-ethyl adjacent to an activating group) is 1. The molecule has 0 saturated heterocycles. The van der Waals surface area contributed by atoms with E-state index in [1.165, 1.54) is 18.2 Å². The Hall–Kier alpha value is -2.10. The van der Waals surface area contributed by atoms with Crippen LogP contribution in [-0.4, -0.2) is 51.8 Å². The molecule has 3 rings (SSSR count). The Kier molecular flexibility index (Phi) is 8.69. The van der Waals surface area contributed by atoms with Crippen LogP contribution in [-0.2, 0) is 6.42 Å². The maximum atomic E-state index is 14.0. The summed E-state index contributed by atoms with van der Waals surface area (Å²) in [5, 5.41) is 3.32. The molecule has 5 nitrogen and oxygen atoms in total. The van der Waals surface area contributed by atoms with Crippen molar-refractivity contribution in [3.8, 4) is 11.5 Å². The average Bonchev–Trinajstić information content (AvgIpc) is 3.48. The van der Waals surface area contributed by atoms with E-state index in [1.54, 1.807) is 21.3 Å². The Balaban J connectivity index is 0.00000320. The fraction of sp³-hybridized carbons (Fsp3) is 0.409. The van der Waals surface area contributed by atoms with E-state index >= 15 is 0 Å². The van der Waals surface area contributed by atoms with E-state index in [2.05, 4.69) is 10.3 Å². The molecule has 0 aliphatic heterocycles. The number of guanidine groups is 1. The Morgan fingerprint density at radius 1 is 1.13 bits per heavy atom. The van der Waals surface area contributed by atoms with Crippen LogP contribution in [0.4, 0.5) is 8.78 Å². The van der Waals surface area contributed by atoms with Crippen molar-refractivity contribution in [1.82, 2.24) is 10.2 Å². The topological polar surface area (TPSA) is 46.1 Å². The van der Waals surface area contributed by atoms with Gasteiger partial charge in [-0.15, -0.1) is 24.0 Å². The van der Waals surface area contributed by atoms with Crippen LogP contribution in [0.3, 0.4) is 0 Å². The predicted molar refractivity (Wildman–Crippen MR) is 125 cm³/mol. The number of nitrogens with one attached hydrogen (secondary N) is 1. The van der Waals surface area contributed by atoms with Crippen molar-refractivity contribution in [3.05, 3.63) is 59.2 Å². The Morgan fingerprint density at radius 2 is 1.80 bits per heavy atom. The van der Waals surface area contributed by atoms with E-state index in [4.69, 9.17) is 9.47 Å². The minimum absolute atomic E-state index is 0. The summed E-state index contributed by atoms with van der Waals surface area (Å²) in [5.74, 6) is 0.944.